The summed E-state index contributed by atoms with van der Waals surface area (Å²) in [5.41, 5.74) is 0.740. The summed E-state index contributed by atoms with van der Waals surface area (Å²) in [4.78, 5) is 18.3. The molecular weight excluding hydrogens is 449 g/mol. The molecule has 1 saturated carbocycles. The second kappa shape index (κ2) is 8.51. The van der Waals surface area contributed by atoms with Crippen LogP contribution in [0, 0.1) is 5.92 Å². The molecule has 4 aromatic rings. The lowest BCUT2D eigenvalue weighted by Gasteiger charge is -2.10. The Balaban J connectivity index is 1.56. The van der Waals surface area contributed by atoms with Gasteiger partial charge in [0.1, 0.15) is 5.75 Å². The van der Waals surface area contributed by atoms with Crippen LogP contribution < -0.4 is 10.3 Å². The van der Waals surface area contributed by atoms with Crippen LogP contribution in [0.4, 0.5) is 13.2 Å². The zero-order valence-corrected chi connectivity index (χ0v) is 18.2. The van der Waals surface area contributed by atoms with Crippen molar-refractivity contribution in [1.29, 1.82) is 0 Å². The van der Waals surface area contributed by atoms with Crippen LogP contribution >= 0.6 is 11.3 Å². The third-order valence-corrected chi connectivity index (χ3v) is 6.26. The van der Waals surface area contributed by atoms with Crippen molar-refractivity contribution < 1.29 is 17.9 Å². The highest BCUT2D eigenvalue weighted by Crippen LogP contribution is 2.32. The molecule has 1 aliphatic carbocycles. The molecule has 0 amide bonds. The van der Waals surface area contributed by atoms with Crippen molar-refractivity contribution in [2.45, 2.75) is 19.0 Å². The van der Waals surface area contributed by atoms with E-state index in [1.807, 2.05) is 30.3 Å². The van der Waals surface area contributed by atoms with Gasteiger partial charge in [0.05, 0.1) is 23.4 Å². The molecule has 4 nitrogen and oxygen atoms in total. The van der Waals surface area contributed by atoms with Crippen molar-refractivity contribution in [2.24, 2.45) is 5.92 Å². The van der Waals surface area contributed by atoms with E-state index in [1.165, 1.54) is 40.7 Å². The zero-order chi connectivity index (χ0) is 23.0. The van der Waals surface area contributed by atoms with Crippen molar-refractivity contribution in [3.8, 4) is 16.9 Å². The molecule has 0 spiro atoms. The van der Waals surface area contributed by atoms with Crippen molar-refractivity contribution in [3.05, 3.63) is 87.3 Å². The average Bonchev–Trinajstić information content (AvgIpc) is 3.51. The molecule has 0 aliphatic heterocycles. The highest BCUT2D eigenvalue weighted by molar-refractivity contribution is 7.15. The third kappa shape index (κ3) is 4.57. The van der Waals surface area contributed by atoms with Gasteiger partial charge in [-0.1, -0.05) is 30.3 Å². The Labute approximate surface area is 191 Å². The second-order valence-electron chi connectivity index (χ2n) is 7.93. The number of hydrogen-bond acceptors (Lipinski definition) is 4. The molecule has 8 heteroatoms. The van der Waals surface area contributed by atoms with Gasteiger partial charge < -0.3 is 4.74 Å². The maximum atomic E-state index is 13.2. The Kier molecular flexibility index (Phi) is 5.54. The van der Waals surface area contributed by atoms with E-state index in [9.17, 15) is 18.0 Å². The van der Waals surface area contributed by atoms with Crippen LogP contribution in [0.1, 0.15) is 29.7 Å². The van der Waals surface area contributed by atoms with Crippen LogP contribution in [0.25, 0.3) is 28.2 Å². The second-order valence-corrected chi connectivity index (χ2v) is 8.81. The van der Waals surface area contributed by atoms with Gasteiger partial charge in [-0.2, -0.15) is 13.2 Å². The Morgan fingerprint density at radius 3 is 2.58 bits per heavy atom. The molecule has 1 aliphatic rings. The standard InChI is InChI=1S/C25H19F3N2O2S/c26-25(27,28)19-10-7-18(8-11-19)22-20(29-24-30(23(22)31)13-14-33-24)12-9-17-3-1-2-4-21(17)32-15-16-5-6-16/h1-4,7-14,16H,5-6,15H2/b12-9+. The third-order valence-electron chi connectivity index (χ3n) is 5.51. The first-order chi connectivity index (χ1) is 15.9. The molecule has 5 rings (SSSR count). The quantitative estimate of drug-likeness (QED) is 0.329. The van der Waals surface area contributed by atoms with Crippen LogP contribution in [-0.2, 0) is 6.18 Å². The van der Waals surface area contributed by atoms with Crippen LogP contribution in [-0.4, -0.2) is 16.0 Å². The molecule has 168 valence electrons. The van der Waals surface area contributed by atoms with E-state index in [0.717, 1.165) is 23.4 Å². The number of thiazole rings is 1. The van der Waals surface area contributed by atoms with Crippen LogP contribution in [0.15, 0.2) is 64.9 Å². The fraction of sp³-hybridized carbons (Fsp3) is 0.200. The van der Waals surface area contributed by atoms with Gasteiger partial charge in [-0.3, -0.25) is 9.20 Å². The van der Waals surface area contributed by atoms with E-state index < -0.39 is 11.7 Å². The number of fused-ring (bicyclic) bond motifs is 1. The predicted octanol–water partition coefficient (Wildman–Crippen LogP) is 6.40. The van der Waals surface area contributed by atoms with Crippen molar-refractivity contribution >= 4 is 28.4 Å². The Bertz CT molecular complexity index is 1380. The van der Waals surface area contributed by atoms with Crippen molar-refractivity contribution in [3.63, 3.8) is 0 Å². The summed E-state index contributed by atoms with van der Waals surface area (Å²) in [5, 5.41) is 1.74. The molecule has 0 atom stereocenters. The molecular formula is C25H19F3N2O2S. The van der Waals surface area contributed by atoms with Gasteiger partial charge in [0, 0.05) is 17.1 Å². The number of aromatic nitrogens is 2. The van der Waals surface area contributed by atoms with E-state index >= 15 is 0 Å². The molecule has 2 aromatic carbocycles. The molecule has 0 unspecified atom stereocenters. The average molecular weight is 469 g/mol. The maximum Gasteiger partial charge on any atom is 0.416 e. The maximum absolute atomic E-state index is 13.2. The number of nitrogens with zero attached hydrogens (tertiary/aromatic N) is 2. The molecule has 0 N–H and O–H groups in total. The lowest BCUT2D eigenvalue weighted by atomic mass is 10.0. The van der Waals surface area contributed by atoms with Crippen molar-refractivity contribution in [1.82, 2.24) is 9.38 Å². The van der Waals surface area contributed by atoms with Crippen LogP contribution in [0.5, 0.6) is 5.75 Å². The topological polar surface area (TPSA) is 43.6 Å². The minimum atomic E-state index is -4.45. The fourth-order valence-corrected chi connectivity index (χ4v) is 4.24. The van der Waals surface area contributed by atoms with Crippen LogP contribution in [0.2, 0.25) is 0 Å². The lowest BCUT2D eigenvalue weighted by molar-refractivity contribution is -0.137. The highest BCUT2D eigenvalue weighted by Gasteiger charge is 2.30. The first kappa shape index (κ1) is 21.5. The van der Waals surface area contributed by atoms with Crippen LogP contribution in [0.3, 0.4) is 0 Å². The van der Waals surface area contributed by atoms with E-state index in [4.69, 9.17) is 4.74 Å². The summed E-state index contributed by atoms with van der Waals surface area (Å²) in [6.07, 6.45) is 3.06. The van der Waals surface area contributed by atoms with Gasteiger partial charge >= 0.3 is 6.18 Å². The van der Waals surface area contributed by atoms with Gasteiger partial charge in [0.25, 0.3) is 5.56 Å². The van der Waals surface area contributed by atoms with E-state index in [2.05, 4.69) is 4.98 Å². The minimum Gasteiger partial charge on any atom is -0.493 e. The SMILES string of the molecule is O=c1c(-c2ccc(C(F)(F)F)cc2)c(/C=C/c2ccccc2OCC2CC2)nc2sccn12. The number of rotatable bonds is 6. The van der Waals surface area contributed by atoms with Gasteiger partial charge in [-0.15, -0.1) is 11.3 Å². The summed E-state index contributed by atoms with van der Waals surface area (Å²) in [7, 11) is 0. The summed E-state index contributed by atoms with van der Waals surface area (Å²) in [5.74, 6) is 1.35. The van der Waals surface area contributed by atoms with Crippen molar-refractivity contribution in [2.75, 3.05) is 6.61 Å². The number of halogens is 3. The minimum absolute atomic E-state index is 0.243. The molecule has 1 fully saturated rings. The highest BCUT2D eigenvalue weighted by atomic mass is 32.1. The molecule has 2 heterocycles. The lowest BCUT2D eigenvalue weighted by Crippen LogP contribution is -2.17. The molecule has 0 radical (unpaired) electrons. The molecule has 33 heavy (non-hydrogen) atoms. The zero-order valence-electron chi connectivity index (χ0n) is 17.4. The number of benzene rings is 2. The molecule has 0 saturated heterocycles. The summed E-state index contributed by atoms with van der Waals surface area (Å²) in [6, 6.07) is 12.2. The normalized spacial score (nSPS) is 14.3. The Morgan fingerprint density at radius 2 is 1.85 bits per heavy atom. The number of alkyl halides is 3. The first-order valence-corrected chi connectivity index (χ1v) is 11.4. The molecule has 2 aromatic heterocycles. The van der Waals surface area contributed by atoms with Gasteiger partial charge in [-0.05, 0) is 54.7 Å². The summed E-state index contributed by atoms with van der Waals surface area (Å²) < 4.78 is 46.4. The largest absolute Gasteiger partial charge is 0.493 e. The summed E-state index contributed by atoms with van der Waals surface area (Å²) >= 11 is 1.31. The monoisotopic (exact) mass is 468 g/mol. The van der Waals surface area contributed by atoms with Gasteiger partial charge in [0.15, 0.2) is 4.96 Å². The van der Waals surface area contributed by atoms with E-state index in [1.54, 1.807) is 17.7 Å². The van der Waals surface area contributed by atoms with Gasteiger partial charge in [0.2, 0.25) is 0 Å². The fourth-order valence-electron chi connectivity index (χ4n) is 3.52. The van der Waals surface area contributed by atoms with E-state index in [-0.39, 0.29) is 11.1 Å². The van der Waals surface area contributed by atoms with Gasteiger partial charge in [-0.25, -0.2) is 4.98 Å². The number of para-hydroxylation sites is 1. The van der Waals surface area contributed by atoms with E-state index in [0.29, 0.717) is 28.7 Å². The number of ether oxygens (including phenoxy) is 1. The predicted molar refractivity (Wildman–Crippen MR) is 123 cm³/mol. The Hall–Kier alpha value is -3.39. The first-order valence-electron chi connectivity index (χ1n) is 10.5. The smallest absolute Gasteiger partial charge is 0.416 e. The number of hydrogen-bond donors (Lipinski definition) is 0. The summed E-state index contributed by atoms with van der Waals surface area (Å²) in [6.45, 7) is 0.669. The Morgan fingerprint density at radius 1 is 1.09 bits per heavy atom. The molecule has 0 bridgehead atoms.